The first-order valence-electron chi connectivity index (χ1n) is 7.43. The van der Waals surface area contributed by atoms with Gasteiger partial charge in [0.2, 0.25) is 0 Å². The molecule has 0 saturated heterocycles. The third-order valence-corrected chi connectivity index (χ3v) is 5.73. The van der Waals surface area contributed by atoms with Crippen LogP contribution in [0.1, 0.15) is 36.2 Å². The topological polar surface area (TPSA) is 41.0 Å². The fraction of sp³-hybridized carbons (Fsp3) is 0.600. The van der Waals surface area contributed by atoms with E-state index in [1.165, 1.54) is 16.9 Å². The van der Waals surface area contributed by atoms with E-state index in [1.807, 2.05) is 14.1 Å². The minimum atomic E-state index is 0.0967. The maximum atomic E-state index is 12.9. The predicted octanol–water partition coefficient (Wildman–Crippen LogP) is 3.12. The van der Waals surface area contributed by atoms with Gasteiger partial charge in [0, 0.05) is 10.9 Å². The Morgan fingerprint density at radius 2 is 2.19 bits per heavy atom. The van der Waals surface area contributed by atoms with Gasteiger partial charge >= 0.3 is 0 Å². The van der Waals surface area contributed by atoms with Gasteiger partial charge in [-0.1, -0.05) is 0 Å². The highest BCUT2D eigenvalue weighted by atomic mass is 32.1. The monoisotopic (exact) mass is 323 g/mol. The molecule has 1 atom stereocenters. The highest BCUT2D eigenvalue weighted by Crippen LogP contribution is 2.34. The number of hydrogen-bond donors (Lipinski definition) is 1. The summed E-state index contributed by atoms with van der Waals surface area (Å²) >= 11 is 7.14. The molecule has 2 aromatic heterocycles. The number of aromatic nitrogens is 2. The van der Waals surface area contributed by atoms with Crippen LogP contribution in [0.5, 0.6) is 0 Å². The van der Waals surface area contributed by atoms with Crippen LogP contribution in [0.2, 0.25) is 0 Å². The second-order valence-electron chi connectivity index (χ2n) is 6.11. The largest absolute Gasteiger partial charge is 0.323 e. The van der Waals surface area contributed by atoms with Gasteiger partial charge in [-0.15, -0.1) is 11.3 Å². The molecule has 1 aliphatic carbocycles. The van der Waals surface area contributed by atoms with Crippen molar-refractivity contribution in [1.82, 2.24) is 14.5 Å². The van der Waals surface area contributed by atoms with Crippen LogP contribution >= 0.6 is 23.6 Å². The maximum Gasteiger partial charge on any atom is 0.263 e. The van der Waals surface area contributed by atoms with Gasteiger partial charge in [0.1, 0.15) is 4.83 Å². The van der Waals surface area contributed by atoms with E-state index in [9.17, 15) is 4.79 Å². The average molecular weight is 323 g/mol. The van der Waals surface area contributed by atoms with Gasteiger partial charge in [0.25, 0.3) is 5.56 Å². The molecule has 4 nitrogen and oxygen atoms in total. The lowest BCUT2D eigenvalue weighted by atomic mass is 10.2. The van der Waals surface area contributed by atoms with E-state index in [0.29, 0.717) is 4.77 Å². The van der Waals surface area contributed by atoms with E-state index >= 15 is 0 Å². The lowest BCUT2D eigenvalue weighted by Gasteiger charge is -2.18. The summed E-state index contributed by atoms with van der Waals surface area (Å²) in [6.07, 6.45) is 4.22. The van der Waals surface area contributed by atoms with Crippen molar-refractivity contribution in [3.63, 3.8) is 0 Å². The minimum absolute atomic E-state index is 0.0967. The Morgan fingerprint density at radius 1 is 1.43 bits per heavy atom. The Labute approximate surface area is 133 Å². The summed E-state index contributed by atoms with van der Waals surface area (Å²) in [4.78, 5) is 20.7. The van der Waals surface area contributed by atoms with Crippen LogP contribution in [0.25, 0.3) is 10.2 Å². The lowest BCUT2D eigenvalue weighted by molar-refractivity contribution is 0.353. The summed E-state index contributed by atoms with van der Waals surface area (Å²) in [6, 6.07) is 0.116. The molecule has 114 valence electrons. The number of H-pyrrole nitrogens is 1. The Hall–Kier alpha value is -0.980. The predicted molar refractivity (Wildman–Crippen MR) is 91.2 cm³/mol. The number of thiophene rings is 1. The number of nitrogens with zero attached hydrogens (tertiary/aromatic N) is 2. The molecule has 6 heteroatoms. The van der Waals surface area contributed by atoms with Crippen molar-refractivity contribution in [2.75, 3.05) is 20.6 Å². The van der Waals surface area contributed by atoms with Crippen molar-refractivity contribution in [3.05, 3.63) is 25.6 Å². The van der Waals surface area contributed by atoms with Gasteiger partial charge in [0.05, 0.1) is 5.39 Å². The van der Waals surface area contributed by atoms with Crippen LogP contribution in [-0.4, -0.2) is 35.1 Å². The highest BCUT2D eigenvalue weighted by Gasteiger charge is 2.22. The molecule has 0 spiro atoms. The van der Waals surface area contributed by atoms with E-state index in [0.717, 1.165) is 36.0 Å². The molecule has 0 bridgehead atoms. The number of fused-ring (bicyclic) bond motifs is 3. The Balaban J connectivity index is 2.11. The zero-order valence-electron chi connectivity index (χ0n) is 12.7. The molecule has 1 unspecified atom stereocenters. The average Bonchev–Trinajstić information content (AvgIpc) is 2.95. The Bertz CT molecular complexity index is 785. The van der Waals surface area contributed by atoms with Crippen molar-refractivity contribution in [2.24, 2.45) is 0 Å². The second-order valence-corrected chi connectivity index (χ2v) is 7.60. The van der Waals surface area contributed by atoms with Crippen LogP contribution < -0.4 is 5.56 Å². The third kappa shape index (κ3) is 2.60. The molecular formula is C15H21N3OS2. The highest BCUT2D eigenvalue weighted by molar-refractivity contribution is 7.71. The molecule has 0 saturated carbocycles. The zero-order chi connectivity index (χ0) is 15.1. The van der Waals surface area contributed by atoms with Crippen molar-refractivity contribution in [2.45, 2.75) is 38.6 Å². The number of hydrogen-bond acceptors (Lipinski definition) is 4. The van der Waals surface area contributed by atoms with Crippen molar-refractivity contribution in [1.29, 1.82) is 0 Å². The molecule has 2 aromatic rings. The molecule has 3 rings (SSSR count). The minimum Gasteiger partial charge on any atom is -0.323 e. The van der Waals surface area contributed by atoms with Gasteiger partial charge in [-0.3, -0.25) is 9.36 Å². The van der Waals surface area contributed by atoms with E-state index < -0.39 is 0 Å². The lowest BCUT2D eigenvalue weighted by Crippen LogP contribution is -2.27. The molecule has 0 aliphatic heterocycles. The number of aromatic amines is 1. The van der Waals surface area contributed by atoms with Gasteiger partial charge in [-0.05, 0) is 71.0 Å². The van der Waals surface area contributed by atoms with Crippen molar-refractivity contribution < 1.29 is 0 Å². The number of aryl methyl sites for hydroxylation is 2. The fourth-order valence-electron chi connectivity index (χ4n) is 3.06. The first-order chi connectivity index (χ1) is 9.99. The third-order valence-electron chi connectivity index (χ3n) is 4.23. The van der Waals surface area contributed by atoms with Crippen LogP contribution in [0.15, 0.2) is 4.79 Å². The SMILES string of the molecule is CC(CCN(C)C)n1c(=S)[nH]c2sc3c(c2c1=O)CCC3. The van der Waals surface area contributed by atoms with Crippen LogP contribution in [0.3, 0.4) is 0 Å². The second kappa shape index (κ2) is 5.66. The summed E-state index contributed by atoms with van der Waals surface area (Å²) in [6.45, 7) is 3.02. The first kappa shape index (κ1) is 14.9. The summed E-state index contributed by atoms with van der Waals surface area (Å²) in [5.74, 6) is 0. The van der Waals surface area contributed by atoms with E-state index in [2.05, 4.69) is 16.8 Å². The molecule has 21 heavy (non-hydrogen) atoms. The quantitative estimate of drug-likeness (QED) is 0.879. The molecule has 0 radical (unpaired) electrons. The van der Waals surface area contributed by atoms with Gasteiger partial charge in [-0.25, -0.2) is 0 Å². The number of nitrogens with one attached hydrogen (secondary N) is 1. The summed E-state index contributed by atoms with van der Waals surface area (Å²) < 4.78 is 2.32. The Morgan fingerprint density at radius 3 is 2.90 bits per heavy atom. The van der Waals surface area contributed by atoms with Gasteiger partial charge in [0.15, 0.2) is 4.77 Å². The molecule has 1 aliphatic rings. The molecule has 0 fully saturated rings. The van der Waals surface area contributed by atoms with Crippen LogP contribution in [0.4, 0.5) is 0 Å². The summed E-state index contributed by atoms with van der Waals surface area (Å²) in [5.41, 5.74) is 1.36. The summed E-state index contributed by atoms with van der Waals surface area (Å²) in [7, 11) is 4.09. The van der Waals surface area contributed by atoms with E-state index in [4.69, 9.17) is 12.2 Å². The summed E-state index contributed by atoms with van der Waals surface area (Å²) in [5, 5.41) is 0.887. The van der Waals surface area contributed by atoms with E-state index in [-0.39, 0.29) is 11.6 Å². The molecular weight excluding hydrogens is 302 g/mol. The van der Waals surface area contributed by atoms with Gasteiger partial charge < -0.3 is 9.88 Å². The normalized spacial score (nSPS) is 15.8. The van der Waals surface area contributed by atoms with Crippen molar-refractivity contribution >= 4 is 33.8 Å². The first-order valence-corrected chi connectivity index (χ1v) is 8.65. The maximum absolute atomic E-state index is 12.9. The molecule has 2 heterocycles. The standard InChI is InChI=1S/C15H21N3OS2/c1-9(7-8-17(2)3)18-14(19)12-10-5-4-6-11(10)21-13(12)16-15(18)20/h9H,4-8H2,1-3H3,(H,16,20). The van der Waals surface area contributed by atoms with E-state index in [1.54, 1.807) is 15.9 Å². The molecule has 1 N–H and O–H groups in total. The fourth-order valence-corrected chi connectivity index (χ4v) is 4.77. The zero-order valence-corrected chi connectivity index (χ0v) is 14.4. The smallest absolute Gasteiger partial charge is 0.263 e. The van der Waals surface area contributed by atoms with Crippen LogP contribution in [0, 0.1) is 4.77 Å². The van der Waals surface area contributed by atoms with Crippen LogP contribution in [-0.2, 0) is 12.8 Å². The van der Waals surface area contributed by atoms with Gasteiger partial charge in [-0.2, -0.15) is 0 Å². The molecule has 0 aromatic carbocycles. The number of rotatable bonds is 4. The van der Waals surface area contributed by atoms with Crippen molar-refractivity contribution in [3.8, 4) is 0 Å². The molecule has 0 amide bonds. The Kier molecular flexibility index (Phi) is 4.03.